The number of nitriles is 1. The molecule has 1 N–H and O–H groups in total. The zero-order valence-corrected chi connectivity index (χ0v) is 11.4. The van der Waals surface area contributed by atoms with Crippen LogP contribution >= 0.6 is 11.6 Å². The van der Waals surface area contributed by atoms with E-state index in [2.05, 4.69) is 9.71 Å². The summed E-state index contributed by atoms with van der Waals surface area (Å²) < 4.78 is 39.4. The molecule has 0 saturated carbocycles. The van der Waals surface area contributed by atoms with E-state index in [1.54, 1.807) is 6.07 Å². The first-order valence-electron chi connectivity index (χ1n) is 5.26. The Morgan fingerprint density at radius 2 is 2.05 bits per heavy atom. The maximum absolute atomic E-state index is 13.2. The quantitative estimate of drug-likeness (QED) is 0.944. The molecule has 20 heavy (non-hydrogen) atoms. The average Bonchev–Trinajstić information content (AvgIpc) is 2.43. The Labute approximate surface area is 119 Å². The fourth-order valence-electron chi connectivity index (χ4n) is 1.38. The van der Waals surface area contributed by atoms with Crippen molar-refractivity contribution in [3.63, 3.8) is 0 Å². The topological polar surface area (TPSA) is 82.8 Å². The van der Waals surface area contributed by atoms with Crippen LogP contribution in [0.15, 0.2) is 41.4 Å². The second-order valence-electron chi connectivity index (χ2n) is 3.73. The Kier molecular flexibility index (Phi) is 3.88. The van der Waals surface area contributed by atoms with Crippen LogP contribution in [0.4, 0.5) is 10.1 Å². The average molecular weight is 312 g/mol. The molecule has 0 aliphatic rings. The van der Waals surface area contributed by atoms with Gasteiger partial charge in [0, 0.05) is 6.20 Å². The first-order valence-corrected chi connectivity index (χ1v) is 7.12. The largest absolute Gasteiger partial charge is 0.279 e. The van der Waals surface area contributed by atoms with Gasteiger partial charge < -0.3 is 0 Å². The van der Waals surface area contributed by atoms with Gasteiger partial charge in [-0.15, -0.1) is 0 Å². The highest BCUT2D eigenvalue weighted by Gasteiger charge is 2.15. The van der Waals surface area contributed by atoms with E-state index >= 15 is 0 Å². The molecule has 0 aliphatic heterocycles. The van der Waals surface area contributed by atoms with E-state index in [-0.39, 0.29) is 21.3 Å². The molecule has 5 nitrogen and oxygen atoms in total. The van der Waals surface area contributed by atoms with Gasteiger partial charge >= 0.3 is 0 Å². The van der Waals surface area contributed by atoms with Crippen molar-refractivity contribution in [3.05, 3.63) is 53.1 Å². The van der Waals surface area contributed by atoms with Gasteiger partial charge in [0.05, 0.1) is 10.7 Å². The van der Waals surface area contributed by atoms with Gasteiger partial charge in [0.1, 0.15) is 22.5 Å². The molecule has 0 saturated heterocycles. The molecule has 2 rings (SSSR count). The third-order valence-corrected chi connectivity index (χ3v) is 4.01. The number of hydrogen-bond donors (Lipinski definition) is 1. The Morgan fingerprint density at radius 1 is 1.30 bits per heavy atom. The van der Waals surface area contributed by atoms with Crippen molar-refractivity contribution in [2.24, 2.45) is 0 Å². The summed E-state index contributed by atoms with van der Waals surface area (Å²) in [6.45, 7) is 0. The molecule has 0 aliphatic carbocycles. The van der Waals surface area contributed by atoms with Gasteiger partial charge in [-0.05, 0) is 30.3 Å². The van der Waals surface area contributed by atoms with E-state index in [4.69, 9.17) is 16.9 Å². The summed E-state index contributed by atoms with van der Waals surface area (Å²) in [6.07, 6.45) is 1.05. The SMILES string of the molecule is N#Cc1ccc(S(=O)(=O)Nc2ccc(Cl)c(F)c2)cn1. The van der Waals surface area contributed by atoms with Gasteiger partial charge in [0.25, 0.3) is 10.0 Å². The summed E-state index contributed by atoms with van der Waals surface area (Å²) in [5.74, 6) is -0.732. The van der Waals surface area contributed by atoms with Crippen molar-refractivity contribution in [3.8, 4) is 6.07 Å². The number of nitrogens with one attached hydrogen (secondary N) is 1. The van der Waals surface area contributed by atoms with Gasteiger partial charge in [-0.2, -0.15) is 5.26 Å². The van der Waals surface area contributed by atoms with E-state index in [0.29, 0.717) is 0 Å². The van der Waals surface area contributed by atoms with Crippen LogP contribution in [0.2, 0.25) is 5.02 Å². The highest BCUT2D eigenvalue weighted by Crippen LogP contribution is 2.21. The number of sulfonamides is 1. The van der Waals surface area contributed by atoms with E-state index in [9.17, 15) is 12.8 Å². The minimum absolute atomic E-state index is 0.0382. The van der Waals surface area contributed by atoms with Gasteiger partial charge in [0.2, 0.25) is 0 Å². The van der Waals surface area contributed by atoms with Crippen molar-refractivity contribution in [1.29, 1.82) is 5.26 Å². The summed E-state index contributed by atoms with van der Waals surface area (Å²) in [5, 5.41) is 8.49. The summed E-state index contributed by atoms with van der Waals surface area (Å²) in [5.41, 5.74) is 0.137. The number of anilines is 1. The Hall–Kier alpha value is -2.17. The molecule has 1 heterocycles. The van der Waals surface area contributed by atoms with Crippen LogP contribution in [-0.2, 0) is 10.0 Å². The monoisotopic (exact) mass is 311 g/mol. The van der Waals surface area contributed by atoms with Crippen LogP contribution in [0.3, 0.4) is 0 Å². The van der Waals surface area contributed by atoms with E-state index in [1.807, 2.05) is 0 Å². The third kappa shape index (κ3) is 3.04. The van der Waals surface area contributed by atoms with Crippen LogP contribution < -0.4 is 4.72 Å². The molecule has 1 aromatic heterocycles. The Bertz CT molecular complexity index is 785. The fourth-order valence-corrected chi connectivity index (χ4v) is 2.49. The second kappa shape index (κ2) is 5.45. The lowest BCUT2D eigenvalue weighted by Crippen LogP contribution is -2.13. The number of nitrogens with zero attached hydrogens (tertiary/aromatic N) is 2. The fraction of sp³-hybridized carbons (Fsp3) is 0. The van der Waals surface area contributed by atoms with Gasteiger partial charge in [-0.25, -0.2) is 17.8 Å². The molecule has 0 spiro atoms. The van der Waals surface area contributed by atoms with Crippen molar-refractivity contribution in [1.82, 2.24) is 4.98 Å². The van der Waals surface area contributed by atoms with E-state index in [0.717, 1.165) is 12.3 Å². The molecular weight excluding hydrogens is 305 g/mol. The summed E-state index contributed by atoms with van der Waals surface area (Å²) in [6, 6.07) is 7.83. The molecule has 0 unspecified atom stereocenters. The van der Waals surface area contributed by atoms with E-state index in [1.165, 1.54) is 24.3 Å². The molecular formula is C12H7ClFN3O2S. The third-order valence-electron chi connectivity index (χ3n) is 2.33. The van der Waals surface area contributed by atoms with E-state index < -0.39 is 15.8 Å². The van der Waals surface area contributed by atoms with Crippen LogP contribution in [-0.4, -0.2) is 13.4 Å². The number of benzene rings is 1. The number of pyridine rings is 1. The van der Waals surface area contributed by atoms with Crippen LogP contribution in [0.1, 0.15) is 5.69 Å². The van der Waals surface area contributed by atoms with Crippen molar-refractivity contribution in [2.45, 2.75) is 4.90 Å². The molecule has 0 radical (unpaired) electrons. The maximum Gasteiger partial charge on any atom is 0.263 e. The highest BCUT2D eigenvalue weighted by molar-refractivity contribution is 7.92. The lowest BCUT2D eigenvalue weighted by atomic mass is 10.3. The number of hydrogen-bond acceptors (Lipinski definition) is 4. The highest BCUT2D eigenvalue weighted by atomic mass is 35.5. The van der Waals surface area contributed by atoms with Gasteiger partial charge in [-0.1, -0.05) is 11.6 Å². The van der Waals surface area contributed by atoms with Gasteiger partial charge in [0.15, 0.2) is 0 Å². The lowest BCUT2D eigenvalue weighted by Gasteiger charge is -2.08. The first kappa shape index (κ1) is 14.2. The van der Waals surface area contributed by atoms with Crippen LogP contribution in [0, 0.1) is 17.1 Å². The summed E-state index contributed by atoms with van der Waals surface area (Å²) in [7, 11) is -3.90. The van der Waals surface area contributed by atoms with Crippen molar-refractivity contribution < 1.29 is 12.8 Å². The predicted molar refractivity (Wildman–Crippen MR) is 71.2 cm³/mol. The zero-order chi connectivity index (χ0) is 14.8. The molecule has 8 heteroatoms. The standard InChI is InChI=1S/C12H7ClFN3O2S/c13-11-4-2-8(5-12(11)14)17-20(18,19)10-3-1-9(6-15)16-7-10/h1-5,7,17H. The predicted octanol–water partition coefficient (Wildman–Crippen LogP) is 2.55. The molecule has 1 aromatic carbocycles. The molecule has 0 atom stereocenters. The van der Waals surface area contributed by atoms with Gasteiger partial charge in [-0.3, -0.25) is 4.72 Å². The van der Waals surface area contributed by atoms with Crippen LogP contribution in [0.25, 0.3) is 0 Å². The Morgan fingerprint density at radius 3 is 2.60 bits per heavy atom. The Balaban J connectivity index is 2.30. The minimum atomic E-state index is -3.90. The molecule has 102 valence electrons. The summed E-state index contributed by atoms with van der Waals surface area (Å²) in [4.78, 5) is 3.53. The molecule has 0 bridgehead atoms. The number of halogens is 2. The summed E-state index contributed by atoms with van der Waals surface area (Å²) >= 11 is 5.51. The second-order valence-corrected chi connectivity index (χ2v) is 5.81. The maximum atomic E-state index is 13.2. The first-order chi connectivity index (χ1) is 9.42. The number of aromatic nitrogens is 1. The normalized spacial score (nSPS) is 10.8. The van der Waals surface area contributed by atoms with Crippen molar-refractivity contribution in [2.75, 3.05) is 4.72 Å². The zero-order valence-electron chi connectivity index (χ0n) is 9.84. The molecule has 0 amide bonds. The molecule has 0 fully saturated rings. The smallest absolute Gasteiger partial charge is 0.263 e. The minimum Gasteiger partial charge on any atom is -0.279 e. The lowest BCUT2D eigenvalue weighted by molar-refractivity contribution is 0.600. The van der Waals surface area contributed by atoms with Crippen LogP contribution in [0.5, 0.6) is 0 Å². The van der Waals surface area contributed by atoms with Crippen molar-refractivity contribution >= 4 is 27.3 Å². The molecule has 2 aromatic rings. The number of rotatable bonds is 3.